The molecule has 0 heterocycles. The highest BCUT2D eigenvalue weighted by Crippen LogP contribution is 2.15. The normalized spacial score (nSPS) is 12.8. The number of benzene rings is 2. The van der Waals surface area contributed by atoms with Gasteiger partial charge in [0.05, 0.1) is 17.0 Å². The third-order valence-electron chi connectivity index (χ3n) is 4.39. The summed E-state index contributed by atoms with van der Waals surface area (Å²) >= 11 is 0. The quantitative estimate of drug-likeness (QED) is 0.433. The molecule has 2 atom stereocenters. The van der Waals surface area contributed by atoms with Gasteiger partial charge >= 0.3 is 0 Å². The first-order valence-electron chi connectivity index (χ1n) is 9.79. The number of hydrogen-bond donors (Lipinski definition) is 3. The Kier molecular flexibility index (Phi) is 10.4. The summed E-state index contributed by atoms with van der Waals surface area (Å²) in [6.45, 7) is 5.74. The zero-order chi connectivity index (χ0) is 22.7. The zero-order valence-electron chi connectivity index (χ0n) is 17.5. The molecular weight excluding hydrogens is 404 g/mol. The van der Waals surface area contributed by atoms with Crippen molar-refractivity contribution < 1.29 is 22.6 Å². The van der Waals surface area contributed by atoms with Crippen LogP contribution in [0.3, 0.4) is 0 Å². The molecule has 30 heavy (non-hydrogen) atoms. The number of carbonyl (C=O) groups excluding carboxylic acids is 2. The summed E-state index contributed by atoms with van der Waals surface area (Å²) in [5, 5.41) is 2.75. The predicted molar refractivity (Wildman–Crippen MR) is 117 cm³/mol. The minimum atomic E-state index is -4.02. The Bertz CT molecular complexity index is 912. The van der Waals surface area contributed by atoms with E-state index in [1.165, 1.54) is 12.1 Å². The predicted octanol–water partition coefficient (Wildman–Crippen LogP) is 3.19. The largest absolute Gasteiger partial charge is 0.343 e. The van der Waals surface area contributed by atoms with Crippen LogP contribution in [-0.2, 0) is 19.7 Å². The smallest absolute Gasteiger partial charge is 0.294 e. The van der Waals surface area contributed by atoms with E-state index in [1.54, 1.807) is 12.1 Å². The van der Waals surface area contributed by atoms with Gasteiger partial charge in [-0.05, 0) is 37.5 Å². The second-order valence-corrected chi connectivity index (χ2v) is 8.31. The number of hydrogen-bond acceptors (Lipinski definition) is 5. The summed E-state index contributed by atoms with van der Waals surface area (Å²) in [6, 6.07) is 14.8. The van der Waals surface area contributed by atoms with Crippen molar-refractivity contribution in [1.29, 1.82) is 0 Å². The van der Waals surface area contributed by atoms with Crippen LogP contribution in [0, 0.1) is 6.92 Å². The Morgan fingerprint density at radius 2 is 1.60 bits per heavy atom. The molecule has 0 radical (unpaired) electrons. The highest BCUT2D eigenvalue weighted by Gasteiger charge is 2.23. The van der Waals surface area contributed by atoms with Gasteiger partial charge in [0.2, 0.25) is 5.78 Å². The summed E-state index contributed by atoms with van der Waals surface area (Å²) in [4.78, 5) is 23.6. The molecule has 1 amide bonds. The topological polar surface area (TPSA) is 127 Å². The molecule has 164 valence electrons. The number of nitrogens with one attached hydrogen (secondary N) is 1. The molecule has 0 aliphatic rings. The van der Waals surface area contributed by atoms with E-state index in [0.29, 0.717) is 6.42 Å². The first-order valence-corrected chi connectivity index (χ1v) is 11.2. The lowest BCUT2D eigenvalue weighted by molar-refractivity contribution is -0.139. The lowest BCUT2D eigenvalue weighted by atomic mass is 10.0. The van der Waals surface area contributed by atoms with Crippen LogP contribution in [-0.4, -0.2) is 30.7 Å². The minimum absolute atomic E-state index is 0.0666. The minimum Gasteiger partial charge on any atom is -0.343 e. The highest BCUT2D eigenvalue weighted by molar-refractivity contribution is 7.85. The van der Waals surface area contributed by atoms with Crippen molar-refractivity contribution >= 4 is 21.8 Å². The lowest BCUT2D eigenvalue weighted by Gasteiger charge is -2.18. The van der Waals surface area contributed by atoms with Crippen LogP contribution < -0.4 is 11.1 Å². The number of aryl methyl sites for hydroxylation is 1. The molecule has 2 aromatic rings. The van der Waals surface area contributed by atoms with Crippen LogP contribution in [0.4, 0.5) is 0 Å². The molecule has 0 aromatic heterocycles. The summed E-state index contributed by atoms with van der Waals surface area (Å²) in [7, 11) is -4.02. The van der Waals surface area contributed by atoms with Crippen LogP contribution in [0.25, 0.3) is 0 Å². The van der Waals surface area contributed by atoms with E-state index in [9.17, 15) is 18.0 Å². The molecule has 4 N–H and O–H groups in total. The summed E-state index contributed by atoms with van der Waals surface area (Å²) < 4.78 is 29.6. The molecule has 0 bridgehead atoms. The first kappa shape index (κ1) is 25.5. The summed E-state index contributed by atoms with van der Waals surface area (Å²) in [6.07, 6.45) is 2.05. The van der Waals surface area contributed by atoms with Crippen molar-refractivity contribution in [2.75, 3.05) is 0 Å². The Morgan fingerprint density at radius 1 is 1.03 bits per heavy atom. The average Bonchev–Trinajstić information content (AvgIpc) is 2.72. The van der Waals surface area contributed by atoms with Crippen LogP contribution in [0.2, 0.25) is 0 Å². The van der Waals surface area contributed by atoms with E-state index in [4.69, 9.17) is 10.3 Å². The van der Waals surface area contributed by atoms with E-state index < -0.39 is 27.9 Å². The van der Waals surface area contributed by atoms with Crippen LogP contribution in [0.5, 0.6) is 0 Å². The third-order valence-corrected chi connectivity index (χ3v) is 5.26. The third kappa shape index (κ3) is 8.44. The molecule has 8 heteroatoms. The van der Waals surface area contributed by atoms with Crippen molar-refractivity contribution in [2.24, 2.45) is 5.73 Å². The van der Waals surface area contributed by atoms with Crippen LogP contribution >= 0.6 is 0 Å². The van der Waals surface area contributed by atoms with Gasteiger partial charge in [-0.25, -0.2) is 0 Å². The molecule has 0 saturated heterocycles. The van der Waals surface area contributed by atoms with Crippen LogP contribution in [0.1, 0.15) is 50.3 Å². The number of nitrogens with two attached hydrogens (primary N) is 1. The maximum Gasteiger partial charge on any atom is 0.294 e. The SMILES string of the molecule is CCC[C@H](N)C(=O)C(=O)N[C@@H](CC)c1ccccc1.Cc1ccc(S(=O)(=O)O)cc1. The van der Waals surface area contributed by atoms with Crippen molar-refractivity contribution in [2.45, 2.75) is 57.0 Å². The van der Waals surface area contributed by atoms with Gasteiger partial charge < -0.3 is 11.1 Å². The number of ketones is 1. The van der Waals surface area contributed by atoms with E-state index in [1.807, 2.05) is 51.1 Å². The van der Waals surface area contributed by atoms with Gasteiger partial charge in [0, 0.05) is 0 Å². The fourth-order valence-corrected chi connectivity index (χ4v) is 3.14. The Balaban J connectivity index is 0.000000346. The maximum absolute atomic E-state index is 11.9. The fraction of sp³-hybridized carbons (Fsp3) is 0.364. The van der Waals surface area contributed by atoms with Gasteiger partial charge in [-0.2, -0.15) is 8.42 Å². The van der Waals surface area contributed by atoms with Crippen molar-refractivity contribution in [1.82, 2.24) is 5.32 Å². The Morgan fingerprint density at radius 3 is 2.07 bits per heavy atom. The monoisotopic (exact) mass is 434 g/mol. The van der Waals surface area contributed by atoms with Gasteiger partial charge in [-0.3, -0.25) is 14.1 Å². The lowest BCUT2D eigenvalue weighted by Crippen LogP contribution is -2.43. The molecule has 2 rings (SSSR count). The molecule has 0 aliphatic heterocycles. The van der Waals surface area contributed by atoms with Crippen molar-refractivity contribution in [3.8, 4) is 0 Å². The van der Waals surface area contributed by atoms with E-state index in [2.05, 4.69) is 5.32 Å². The fourth-order valence-electron chi connectivity index (χ4n) is 2.66. The molecule has 0 fully saturated rings. The van der Waals surface area contributed by atoms with E-state index in [-0.39, 0.29) is 10.9 Å². The first-order chi connectivity index (χ1) is 14.1. The number of amides is 1. The van der Waals surface area contributed by atoms with Crippen molar-refractivity contribution in [3.63, 3.8) is 0 Å². The number of Topliss-reactive ketones (excluding diaryl/α,β-unsaturated/α-hetero) is 1. The maximum atomic E-state index is 11.9. The van der Waals surface area contributed by atoms with Gasteiger partial charge in [0.25, 0.3) is 16.0 Å². The summed E-state index contributed by atoms with van der Waals surface area (Å²) in [5.41, 5.74) is 7.63. The molecule has 0 unspecified atom stereocenters. The van der Waals surface area contributed by atoms with Gasteiger partial charge in [0.1, 0.15) is 0 Å². The summed E-state index contributed by atoms with van der Waals surface area (Å²) in [5.74, 6) is -1.12. The molecule has 0 spiro atoms. The number of carbonyl (C=O) groups is 2. The van der Waals surface area contributed by atoms with Gasteiger partial charge in [0.15, 0.2) is 0 Å². The second kappa shape index (κ2) is 12.2. The van der Waals surface area contributed by atoms with E-state index in [0.717, 1.165) is 24.0 Å². The van der Waals surface area contributed by atoms with Gasteiger partial charge in [-0.1, -0.05) is 68.3 Å². The molecule has 0 aliphatic carbocycles. The molecule has 2 aromatic carbocycles. The Hall–Kier alpha value is -2.55. The van der Waals surface area contributed by atoms with Gasteiger partial charge in [-0.15, -0.1) is 0 Å². The van der Waals surface area contributed by atoms with Crippen LogP contribution in [0.15, 0.2) is 59.5 Å². The zero-order valence-corrected chi connectivity index (χ0v) is 18.4. The average molecular weight is 435 g/mol. The number of rotatable bonds is 8. The molecule has 0 saturated carbocycles. The van der Waals surface area contributed by atoms with Crippen molar-refractivity contribution in [3.05, 3.63) is 65.7 Å². The van der Waals surface area contributed by atoms with E-state index >= 15 is 0 Å². The second-order valence-electron chi connectivity index (χ2n) is 6.89. The standard InChI is InChI=1S/C15H22N2O2.C7H8O3S/c1-3-8-12(16)14(18)15(19)17-13(4-2)11-9-6-5-7-10-11;1-6-2-4-7(5-3-6)11(8,9)10/h5-7,9-10,12-13H,3-4,8,16H2,1-2H3,(H,17,19);2-5H,1H3,(H,8,9,10)/t12-,13-;/m0./s1. The highest BCUT2D eigenvalue weighted by atomic mass is 32.2. The Labute approximate surface area is 178 Å². The molecule has 7 nitrogen and oxygen atoms in total. The molecular formula is C22H30N2O5S.